The molecule has 3 unspecified atom stereocenters. The average Bonchev–Trinajstić information content (AvgIpc) is 2.93. The van der Waals surface area contributed by atoms with Crippen molar-refractivity contribution in [1.29, 1.82) is 0 Å². The molecule has 284 valence electrons. The van der Waals surface area contributed by atoms with Gasteiger partial charge < -0.3 is 24.8 Å². The number of hydrogen-bond acceptors (Lipinski definition) is 5. The van der Waals surface area contributed by atoms with Crippen molar-refractivity contribution in [2.75, 3.05) is 26.3 Å². The van der Waals surface area contributed by atoms with E-state index >= 15 is 0 Å². The first kappa shape index (κ1) is 44.5. The van der Waals surface area contributed by atoms with E-state index < -0.39 is 5.60 Å². The molecule has 7 heteroatoms. The van der Waals surface area contributed by atoms with Crippen LogP contribution in [0.4, 0.5) is 9.59 Å². The highest BCUT2D eigenvalue weighted by Crippen LogP contribution is 2.49. The van der Waals surface area contributed by atoms with Crippen LogP contribution in [0.3, 0.4) is 0 Å². The van der Waals surface area contributed by atoms with Crippen LogP contribution in [0, 0.1) is 27.6 Å². The van der Waals surface area contributed by atoms with Crippen LogP contribution in [0.2, 0.25) is 0 Å². The van der Waals surface area contributed by atoms with E-state index in [1.807, 2.05) is 13.8 Å². The molecule has 1 aliphatic rings. The van der Waals surface area contributed by atoms with Crippen LogP contribution < -0.4 is 10.6 Å². The number of amides is 2. The number of hydrogen-bond donors (Lipinski definition) is 2. The van der Waals surface area contributed by atoms with Gasteiger partial charge in [0.05, 0.1) is 12.2 Å². The highest BCUT2D eigenvalue weighted by molar-refractivity contribution is 5.67. The second-order valence-corrected chi connectivity index (χ2v) is 19.3. The summed E-state index contributed by atoms with van der Waals surface area (Å²) < 4.78 is 17.6. The monoisotopic (exact) mass is 681 g/mol. The lowest BCUT2D eigenvalue weighted by Gasteiger charge is -2.47. The molecule has 0 bridgehead atoms. The molecule has 0 aromatic rings. The van der Waals surface area contributed by atoms with Gasteiger partial charge in [-0.1, -0.05) is 94.4 Å². The summed E-state index contributed by atoms with van der Waals surface area (Å²) in [4.78, 5) is 25.1. The van der Waals surface area contributed by atoms with Crippen molar-refractivity contribution < 1.29 is 23.8 Å². The fourth-order valence-corrected chi connectivity index (χ4v) is 8.34. The van der Waals surface area contributed by atoms with E-state index in [0.717, 1.165) is 57.3 Å². The fourth-order valence-electron chi connectivity index (χ4n) is 8.34. The Labute approximate surface area is 297 Å². The van der Waals surface area contributed by atoms with E-state index in [4.69, 9.17) is 14.2 Å². The summed E-state index contributed by atoms with van der Waals surface area (Å²) in [5.74, 6) is 0.746. The maximum atomic E-state index is 12.6. The zero-order valence-electron chi connectivity index (χ0n) is 34.1. The molecule has 1 rings (SSSR count). The van der Waals surface area contributed by atoms with Crippen molar-refractivity contribution in [2.24, 2.45) is 27.6 Å². The molecule has 0 aromatic carbocycles. The molecule has 2 amide bonds. The van der Waals surface area contributed by atoms with Crippen LogP contribution in [0.25, 0.3) is 0 Å². The maximum Gasteiger partial charge on any atom is 0.407 e. The maximum absolute atomic E-state index is 12.6. The molecule has 48 heavy (non-hydrogen) atoms. The Morgan fingerprint density at radius 3 is 2.04 bits per heavy atom. The Kier molecular flexibility index (Phi) is 18.3. The van der Waals surface area contributed by atoms with E-state index in [1.54, 1.807) is 0 Å². The Morgan fingerprint density at radius 2 is 1.42 bits per heavy atom. The molecular weight excluding hydrogens is 600 g/mol. The van der Waals surface area contributed by atoms with Crippen LogP contribution in [-0.4, -0.2) is 49.7 Å². The van der Waals surface area contributed by atoms with E-state index in [2.05, 4.69) is 86.8 Å². The quantitative estimate of drug-likeness (QED) is 0.111. The summed E-state index contributed by atoms with van der Waals surface area (Å²) in [5.41, 5.74) is -0.155. The molecule has 0 radical (unpaired) electrons. The Hall–Kier alpha value is -1.50. The van der Waals surface area contributed by atoms with Gasteiger partial charge in [0.1, 0.15) is 5.60 Å². The molecule has 3 atom stereocenters. The number of rotatable bonds is 22. The lowest BCUT2D eigenvalue weighted by molar-refractivity contribution is -0.0367. The first-order chi connectivity index (χ1) is 22.0. The van der Waals surface area contributed by atoms with Gasteiger partial charge in [-0.2, -0.15) is 0 Å². The highest BCUT2D eigenvalue weighted by atomic mass is 16.6. The number of unbranched alkanes of at least 4 members (excludes halogenated alkanes) is 4. The number of nitrogens with one attached hydrogen (secondary N) is 2. The molecule has 7 nitrogen and oxygen atoms in total. The Bertz CT molecular complexity index is 940. The normalized spacial score (nSPS) is 21.3. The van der Waals surface area contributed by atoms with Gasteiger partial charge in [0.25, 0.3) is 0 Å². The number of carbonyl (C=O) groups is 2. The third-order valence-electron chi connectivity index (χ3n) is 10.3. The average molecular weight is 681 g/mol. The summed E-state index contributed by atoms with van der Waals surface area (Å²) in [5, 5.41) is 6.11. The van der Waals surface area contributed by atoms with Gasteiger partial charge in [-0.25, -0.2) is 9.59 Å². The van der Waals surface area contributed by atoms with Crippen LogP contribution in [0.15, 0.2) is 0 Å². The van der Waals surface area contributed by atoms with Crippen molar-refractivity contribution in [1.82, 2.24) is 10.6 Å². The third kappa shape index (κ3) is 20.2. The third-order valence-corrected chi connectivity index (χ3v) is 10.3. The largest absolute Gasteiger partial charge is 0.450 e. The van der Waals surface area contributed by atoms with Crippen molar-refractivity contribution >= 4 is 12.2 Å². The molecule has 1 fully saturated rings. The van der Waals surface area contributed by atoms with Crippen molar-refractivity contribution in [3.05, 3.63) is 0 Å². The summed E-state index contributed by atoms with van der Waals surface area (Å²) in [6.45, 7) is 31.0. The minimum Gasteiger partial charge on any atom is -0.450 e. The van der Waals surface area contributed by atoms with Gasteiger partial charge in [0, 0.05) is 19.7 Å². The predicted octanol–water partition coefficient (Wildman–Crippen LogP) is 11.6. The first-order valence-electron chi connectivity index (χ1n) is 19.5. The molecule has 2 N–H and O–H groups in total. The minimum absolute atomic E-state index is 0.0431. The number of carbonyl (C=O) groups excluding carboxylic acids is 2. The molecule has 0 aliphatic heterocycles. The summed E-state index contributed by atoms with van der Waals surface area (Å²) in [6.07, 6.45) is 15.8. The molecule has 0 saturated heterocycles. The van der Waals surface area contributed by atoms with E-state index in [9.17, 15) is 9.59 Å². The van der Waals surface area contributed by atoms with Crippen molar-refractivity contribution in [2.45, 2.75) is 198 Å². The Balaban J connectivity index is 2.29. The second kappa shape index (κ2) is 19.8. The van der Waals surface area contributed by atoms with Gasteiger partial charge in [0.2, 0.25) is 0 Å². The van der Waals surface area contributed by atoms with Gasteiger partial charge in [-0.05, 0) is 119 Å². The zero-order chi connectivity index (χ0) is 36.7. The summed E-state index contributed by atoms with van der Waals surface area (Å²) >= 11 is 0. The standard InChI is InChI=1S/C41H80N2O5/c1-14-16-17-18-22-33-27-37(6,7)30-41(13,28-33)32-42-34(44)46-25-20-19-23-38(8,9)47-26-21-24-39(10,11)48-35(45)43-31-40(12,15-2)29-36(3,4)5/h33H,14-32H2,1-13H3,(H,42,44)(H,43,45). The van der Waals surface area contributed by atoms with Crippen molar-refractivity contribution in [3.63, 3.8) is 0 Å². The molecular formula is C41H80N2O5. The zero-order valence-corrected chi connectivity index (χ0v) is 34.1. The lowest BCUT2D eigenvalue weighted by Crippen LogP contribution is -2.43. The first-order valence-corrected chi connectivity index (χ1v) is 19.5. The lowest BCUT2D eigenvalue weighted by atomic mass is 9.60. The van der Waals surface area contributed by atoms with Gasteiger partial charge in [-0.15, -0.1) is 0 Å². The molecule has 0 spiro atoms. The highest BCUT2D eigenvalue weighted by Gasteiger charge is 2.41. The molecule has 1 saturated carbocycles. The van der Waals surface area contributed by atoms with E-state index in [-0.39, 0.29) is 34.0 Å². The van der Waals surface area contributed by atoms with E-state index in [1.165, 1.54) is 44.9 Å². The second-order valence-electron chi connectivity index (χ2n) is 19.3. The van der Waals surface area contributed by atoms with Crippen LogP contribution in [-0.2, 0) is 14.2 Å². The van der Waals surface area contributed by atoms with Gasteiger partial charge in [0.15, 0.2) is 0 Å². The molecule has 1 aliphatic carbocycles. The minimum atomic E-state index is -0.567. The summed E-state index contributed by atoms with van der Waals surface area (Å²) in [6, 6.07) is 0. The molecule has 0 heterocycles. The number of alkyl carbamates (subject to hydrolysis) is 2. The smallest absolute Gasteiger partial charge is 0.407 e. The van der Waals surface area contributed by atoms with Crippen LogP contribution >= 0.6 is 0 Å². The van der Waals surface area contributed by atoms with E-state index in [0.29, 0.717) is 31.7 Å². The van der Waals surface area contributed by atoms with Gasteiger partial charge in [-0.3, -0.25) is 0 Å². The predicted molar refractivity (Wildman–Crippen MR) is 201 cm³/mol. The molecule has 0 aromatic heterocycles. The summed E-state index contributed by atoms with van der Waals surface area (Å²) in [7, 11) is 0. The number of ether oxygens (including phenoxy) is 3. The Morgan fingerprint density at radius 1 is 0.750 bits per heavy atom. The van der Waals surface area contributed by atoms with Crippen molar-refractivity contribution in [3.8, 4) is 0 Å². The topological polar surface area (TPSA) is 85.9 Å². The van der Waals surface area contributed by atoms with Crippen LogP contribution in [0.1, 0.15) is 186 Å². The fraction of sp³-hybridized carbons (Fsp3) is 0.951. The SMILES string of the molecule is CCCCCCC1CC(C)(C)CC(C)(CNC(=O)OCCCCC(C)(C)OCCCC(C)(C)OC(=O)NCC(C)(CC)CC(C)(C)C)C1. The van der Waals surface area contributed by atoms with Gasteiger partial charge >= 0.3 is 12.2 Å². The van der Waals surface area contributed by atoms with Crippen LogP contribution in [0.5, 0.6) is 0 Å².